The van der Waals surface area contributed by atoms with E-state index in [1.807, 2.05) is 44.2 Å². The lowest BCUT2D eigenvalue weighted by molar-refractivity contribution is 0.0721. The SMILES string of the molecule is COc1ccc(C(=O)N(Cc2cc3ccccc3[nH]c2=O)CC(C)C)cc1OC. The maximum atomic E-state index is 13.2. The van der Waals surface area contributed by atoms with Gasteiger partial charge in [0.25, 0.3) is 11.5 Å². The second-order valence-electron chi connectivity index (χ2n) is 7.36. The van der Waals surface area contributed by atoms with Crippen molar-refractivity contribution in [1.29, 1.82) is 0 Å². The highest BCUT2D eigenvalue weighted by Crippen LogP contribution is 2.28. The Morgan fingerprint density at radius 2 is 1.76 bits per heavy atom. The van der Waals surface area contributed by atoms with Crippen molar-refractivity contribution < 1.29 is 14.3 Å². The van der Waals surface area contributed by atoms with Gasteiger partial charge >= 0.3 is 0 Å². The van der Waals surface area contributed by atoms with Gasteiger partial charge in [-0.1, -0.05) is 32.0 Å². The number of nitrogens with zero attached hydrogens (tertiary/aromatic N) is 1. The van der Waals surface area contributed by atoms with E-state index in [2.05, 4.69) is 4.98 Å². The minimum Gasteiger partial charge on any atom is -0.493 e. The number of hydrogen-bond donors (Lipinski definition) is 1. The molecule has 0 aliphatic rings. The molecule has 1 heterocycles. The zero-order chi connectivity index (χ0) is 21.0. The second-order valence-corrected chi connectivity index (χ2v) is 7.36. The van der Waals surface area contributed by atoms with Gasteiger partial charge in [0.05, 0.1) is 20.8 Å². The number of nitrogens with one attached hydrogen (secondary N) is 1. The van der Waals surface area contributed by atoms with Crippen molar-refractivity contribution in [3.63, 3.8) is 0 Å². The summed E-state index contributed by atoms with van der Waals surface area (Å²) in [6.07, 6.45) is 0. The molecule has 0 spiro atoms. The van der Waals surface area contributed by atoms with E-state index in [-0.39, 0.29) is 23.9 Å². The molecular weight excluding hydrogens is 368 g/mol. The van der Waals surface area contributed by atoms with Crippen molar-refractivity contribution in [2.45, 2.75) is 20.4 Å². The zero-order valence-corrected chi connectivity index (χ0v) is 17.2. The lowest BCUT2D eigenvalue weighted by Gasteiger charge is -2.25. The summed E-state index contributed by atoms with van der Waals surface area (Å²) in [4.78, 5) is 30.4. The number of fused-ring (bicyclic) bond motifs is 1. The fourth-order valence-electron chi connectivity index (χ4n) is 3.33. The summed E-state index contributed by atoms with van der Waals surface area (Å²) in [6, 6.07) is 14.5. The molecule has 3 rings (SSSR count). The van der Waals surface area contributed by atoms with Gasteiger partial charge in [-0.05, 0) is 41.6 Å². The maximum Gasteiger partial charge on any atom is 0.254 e. The highest BCUT2D eigenvalue weighted by molar-refractivity contribution is 5.95. The summed E-state index contributed by atoms with van der Waals surface area (Å²) in [6.45, 7) is 4.84. The van der Waals surface area contributed by atoms with Gasteiger partial charge in [-0.3, -0.25) is 9.59 Å². The number of para-hydroxylation sites is 1. The third-order valence-corrected chi connectivity index (χ3v) is 4.69. The van der Waals surface area contributed by atoms with Crippen LogP contribution in [0.2, 0.25) is 0 Å². The smallest absolute Gasteiger partial charge is 0.254 e. The zero-order valence-electron chi connectivity index (χ0n) is 17.2. The van der Waals surface area contributed by atoms with Crippen LogP contribution in [0.1, 0.15) is 29.8 Å². The average Bonchev–Trinajstić information content (AvgIpc) is 2.72. The number of methoxy groups -OCH3 is 2. The first-order valence-corrected chi connectivity index (χ1v) is 9.55. The van der Waals surface area contributed by atoms with Gasteiger partial charge in [0.15, 0.2) is 11.5 Å². The Morgan fingerprint density at radius 3 is 2.45 bits per heavy atom. The average molecular weight is 394 g/mol. The number of carbonyl (C=O) groups is 1. The highest BCUT2D eigenvalue weighted by atomic mass is 16.5. The molecule has 0 saturated heterocycles. The van der Waals surface area contributed by atoms with Crippen LogP contribution in [-0.4, -0.2) is 36.6 Å². The minimum atomic E-state index is -0.183. The number of benzene rings is 2. The van der Waals surface area contributed by atoms with E-state index in [9.17, 15) is 9.59 Å². The standard InChI is InChI=1S/C23H26N2O4/c1-15(2)13-25(23(27)17-9-10-20(28-3)21(12-17)29-4)14-18-11-16-7-5-6-8-19(16)24-22(18)26/h5-12,15H,13-14H2,1-4H3,(H,24,26). The van der Waals surface area contributed by atoms with Crippen LogP contribution in [0.5, 0.6) is 11.5 Å². The largest absolute Gasteiger partial charge is 0.493 e. The monoisotopic (exact) mass is 394 g/mol. The maximum absolute atomic E-state index is 13.2. The number of ether oxygens (including phenoxy) is 2. The van der Waals surface area contributed by atoms with Gasteiger partial charge < -0.3 is 19.4 Å². The Hall–Kier alpha value is -3.28. The van der Waals surface area contributed by atoms with Gasteiger partial charge in [0.2, 0.25) is 0 Å². The Kier molecular flexibility index (Phi) is 6.22. The third-order valence-electron chi connectivity index (χ3n) is 4.69. The van der Waals surface area contributed by atoms with Crippen molar-refractivity contribution in [3.8, 4) is 11.5 Å². The van der Waals surface area contributed by atoms with Gasteiger partial charge in [0.1, 0.15) is 0 Å². The van der Waals surface area contributed by atoms with Crippen molar-refractivity contribution in [1.82, 2.24) is 9.88 Å². The fraction of sp³-hybridized carbons (Fsp3) is 0.304. The number of carbonyl (C=O) groups excluding carboxylic acids is 1. The van der Waals surface area contributed by atoms with Crippen LogP contribution >= 0.6 is 0 Å². The number of H-pyrrole nitrogens is 1. The predicted octanol–water partition coefficient (Wildman–Crippen LogP) is 3.84. The number of amides is 1. The molecule has 0 saturated carbocycles. The normalized spacial score (nSPS) is 10.9. The summed E-state index contributed by atoms with van der Waals surface area (Å²) in [5, 5.41) is 0.935. The minimum absolute atomic E-state index is 0.160. The quantitative estimate of drug-likeness (QED) is 0.661. The summed E-state index contributed by atoms with van der Waals surface area (Å²) >= 11 is 0. The lowest BCUT2D eigenvalue weighted by atomic mass is 10.1. The van der Waals surface area contributed by atoms with Gasteiger partial charge in [-0.25, -0.2) is 0 Å². The number of aromatic nitrogens is 1. The van der Waals surface area contributed by atoms with Crippen LogP contribution < -0.4 is 15.0 Å². The van der Waals surface area contributed by atoms with Gasteiger partial charge in [0, 0.05) is 23.2 Å². The van der Waals surface area contributed by atoms with Gasteiger partial charge in [-0.2, -0.15) is 0 Å². The Morgan fingerprint density at radius 1 is 1.03 bits per heavy atom. The summed E-state index contributed by atoms with van der Waals surface area (Å²) in [5.74, 6) is 1.14. The lowest BCUT2D eigenvalue weighted by Crippen LogP contribution is -2.35. The number of aromatic amines is 1. The third kappa shape index (κ3) is 4.59. The molecule has 1 N–H and O–H groups in total. The topological polar surface area (TPSA) is 71.6 Å². The highest BCUT2D eigenvalue weighted by Gasteiger charge is 2.20. The van der Waals surface area contributed by atoms with Crippen molar-refractivity contribution in [3.05, 3.63) is 70.0 Å². The summed E-state index contributed by atoms with van der Waals surface area (Å²) in [7, 11) is 3.09. The molecule has 0 aliphatic carbocycles. The van der Waals surface area contributed by atoms with E-state index in [0.29, 0.717) is 29.2 Å². The van der Waals surface area contributed by atoms with Crippen molar-refractivity contribution in [2.24, 2.45) is 5.92 Å². The Balaban J connectivity index is 1.95. The Labute approximate surface area is 170 Å². The van der Waals surface area contributed by atoms with Crippen LogP contribution in [0.3, 0.4) is 0 Å². The Bertz CT molecular complexity index is 1070. The van der Waals surface area contributed by atoms with E-state index >= 15 is 0 Å². The molecule has 2 aromatic carbocycles. The first-order valence-electron chi connectivity index (χ1n) is 9.55. The molecule has 0 aliphatic heterocycles. The number of rotatable bonds is 7. The van der Waals surface area contributed by atoms with E-state index in [1.165, 1.54) is 7.11 Å². The second kappa shape index (κ2) is 8.82. The molecular formula is C23H26N2O4. The molecule has 29 heavy (non-hydrogen) atoms. The number of hydrogen-bond acceptors (Lipinski definition) is 4. The van der Waals surface area contributed by atoms with Crippen molar-refractivity contribution >= 4 is 16.8 Å². The molecule has 3 aromatic rings. The fourth-order valence-corrected chi connectivity index (χ4v) is 3.33. The van der Waals surface area contributed by atoms with Crippen LogP contribution in [0.15, 0.2) is 53.3 Å². The van der Waals surface area contributed by atoms with Crippen LogP contribution in [0.4, 0.5) is 0 Å². The van der Waals surface area contributed by atoms with E-state index in [4.69, 9.17) is 9.47 Å². The van der Waals surface area contributed by atoms with E-state index in [0.717, 1.165) is 10.9 Å². The molecule has 0 radical (unpaired) electrons. The van der Waals surface area contributed by atoms with E-state index in [1.54, 1.807) is 30.2 Å². The molecule has 0 fully saturated rings. The van der Waals surface area contributed by atoms with Crippen LogP contribution in [0, 0.1) is 5.92 Å². The first-order chi connectivity index (χ1) is 13.9. The summed E-state index contributed by atoms with van der Waals surface area (Å²) < 4.78 is 10.6. The molecule has 0 bridgehead atoms. The van der Waals surface area contributed by atoms with Gasteiger partial charge in [-0.15, -0.1) is 0 Å². The molecule has 0 atom stereocenters. The van der Waals surface area contributed by atoms with Crippen LogP contribution in [-0.2, 0) is 6.54 Å². The number of pyridine rings is 1. The molecule has 0 unspecified atom stereocenters. The molecule has 6 heteroatoms. The predicted molar refractivity (Wildman–Crippen MR) is 114 cm³/mol. The molecule has 1 aromatic heterocycles. The molecule has 6 nitrogen and oxygen atoms in total. The first kappa shape index (κ1) is 20.5. The molecule has 1 amide bonds. The van der Waals surface area contributed by atoms with Crippen LogP contribution in [0.25, 0.3) is 10.9 Å². The van der Waals surface area contributed by atoms with Crippen molar-refractivity contribution in [2.75, 3.05) is 20.8 Å². The summed E-state index contributed by atoms with van der Waals surface area (Å²) in [5.41, 5.74) is 1.64. The van der Waals surface area contributed by atoms with E-state index < -0.39 is 0 Å². The molecule has 152 valence electrons.